The van der Waals surface area contributed by atoms with E-state index in [2.05, 4.69) is 5.10 Å². The summed E-state index contributed by atoms with van der Waals surface area (Å²) in [7, 11) is 0. The molecule has 0 unspecified atom stereocenters. The summed E-state index contributed by atoms with van der Waals surface area (Å²) >= 11 is 0. The molecular weight excluding hydrogens is 237 g/mol. The van der Waals surface area contributed by atoms with Crippen LogP contribution in [0.25, 0.3) is 0 Å². The molecular formula is C12H12FN3O2. The molecule has 0 aliphatic carbocycles. The van der Waals surface area contributed by atoms with Crippen LogP contribution in [0.3, 0.4) is 0 Å². The number of halogens is 1. The molecule has 0 fully saturated rings. The van der Waals surface area contributed by atoms with Crippen LogP contribution >= 0.6 is 0 Å². The van der Waals surface area contributed by atoms with E-state index in [9.17, 15) is 14.5 Å². The van der Waals surface area contributed by atoms with Crippen LogP contribution in [0.15, 0.2) is 24.3 Å². The zero-order valence-electron chi connectivity index (χ0n) is 10.1. The normalized spacial score (nSPS) is 10.6. The van der Waals surface area contributed by atoms with Gasteiger partial charge in [0.1, 0.15) is 17.2 Å². The molecule has 0 aliphatic heterocycles. The second-order valence-corrected chi connectivity index (χ2v) is 4.06. The number of rotatable bonds is 3. The van der Waals surface area contributed by atoms with E-state index in [4.69, 9.17) is 0 Å². The smallest absolute Gasteiger partial charge is 0.258 e. The van der Waals surface area contributed by atoms with E-state index < -0.39 is 4.92 Å². The summed E-state index contributed by atoms with van der Waals surface area (Å²) in [6.07, 6.45) is 0. The van der Waals surface area contributed by atoms with Crippen LogP contribution in [0, 0.1) is 29.8 Å². The van der Waals surface area contributed by atoms with E-state index in [1.807, 2.05) is 0 Å². The third-order valence-electron chi connectivity index (χ3n) is 2.77. The van der Waals surface area contributed by atoms with Gasteiger partial charge in [-0.2, -0.15) is 5.10 Å². The molecule has 0 saturated heterocycles. The highest BCUT2D eigenvalue weighted by molar-refractivity contribution is 5.39. The van der Waals surface area contributed by atoms with Gasteiger partial charge in [-0.3, -0.25) is 14.8 Å². The molecule has 1 heterocycles. The van der Waals surface area contributed by atoms with Crippen molar-refractivity contribution in [1.29, 1.82) is 0 Å². The summed E-state index contributed by atoms with van der Waals surface area (Å²) in [5, 5.41) is 15.0. The first-order valence-corrected chi connectivity index (χ1v) is 5.42. The lowest BCUT2D eigenvalue weighted by Crippen LogP contribution is -2.04. The van der Waals surface area contributed by atoms with Crippen molar-refractivity contribution in [2.24, 2.45) is 0 Å². The Balaban J connectivity index is 2.33. The fourth-order valence-electron chi connectivity index (χ4n) is 1.87. The number of hydrogen-bond donors (Lipinski definition) is 0. The molecule has 1 aromatic heterocycles. The highest BCUT2D eigenvalue weighted by atomic mass is 19.1. The quantitative estimate of drug-likeness (QED) is 0.620. The van der Waals surface area contributed by atoms with Crippen LogP contribution in [0.5, 0.6) is 0 Å². The Morgan fingerprint density at radius 1 is 1.33 bits per heavy atom. The zero-order valence-corrected chi connectivity index (χ0v) is 10.1. The second kappa shape index (κ2) is 4.56. The van der Waals surface area contributed by atoms with Crippen LogP contribution in [0.1, 0.15) is 17.0 Å². The third kappa shape index (κ3) is 2.22. The molecule has 94 valence electrons. The first kappa shape index (κ1) is 12.2. The van der Waals surface area contributed by atoms with Gasteiger partial charge in [-0.15, -0.1) is 0 Å². The summed E-state index contributed by atoms with van der Waals surface area (Å²) in [6, 6.07) is 5.99. The van der Waals surface area contributed by atoms with Gasteiger partial charge in [0.05, 0.1) is 11.5 Å². The topological polar surface area (TPSA) is 61.0 Å². The van der Waals surface area contributed by atoms with Crippen LogP contribution in [-0.2, 0) is 6.54 Å². The van der Waals surface area contributed by atoms with Gasteiger partial charge in [-0.1, -0.05) is 12.1 Å². The monoisotopic (exact) mass is 249 g/mol. The van der Waals surface area contributed by atoms with Gasteiger partial charge in [-0.05, 0) is 31.5 Å². The number of benzene rings is 1. The van der Waals surface area contributed by atoms with Crippen LogP contribution < -0.4 is 0 Å². The molecule has 0 bridgehead atoms. The number of aryl methyl sites for hydroxylation is 1. The molecule has 0 N–H and O–H groups in total. The lowest BCUT2D eigenvalue weighted by Gasteiger charge is -2.03. The molecule has 0 amide bonds. The summed E-state index contributed by atoms with van der Waals surface area (Å²) in [5.41, 5.74) is 1.77. The average Bonchev–Trinajstić information content (AvgIpc) is 2.57. The Labute approximate surface area is 103 Å². The van der Waals surface area contributed by atoms with E-state index in [-0.39, 0.29) is 11.5 Å². The van der Waals surface area contributed by atoms with Gasteiger partial charge in [0.25, 0.3) is 0 Å². The summed E-state index contributed by atoms with van der Waals surface area (Å²) in [4.78, 5) is 10.4. The van der Waals surface area contributed by atoms with Crippen molar-refractivity contribution in [1.82, 2.24) is 9.78 Å². The SMILES string of the molecule is Cc1nn(Cc2ccc(F)cc2)c(C)c1[N+](=O)[O-]. The minimum Gasteiger partial charge on any atom is -0.258 e. The largest absolute Gasteiger partial charge is 0.312 e. The number of hydrogen-bond acceptors (Lipinski definition) is 3. The van der Waals surface area contributed by atoms with Gasteiger partial charge >= 0.3 is 5.69 Å². The summed E-state index contributed by atoms with van der Waals surface area (Å²) in [6.45, 7) is 3.65. The van der Waals surface area contributed by atoms with Gasteiger partial charge in [0.2, 0.25) is 0 Å². The summed E-state index contributed by atoms with van der Waals surface area (Å²) < 4.78 is 14.3. The molecule has 0 atom stereocenters. The Bertz CT molecular complexity index is 590. The highest BCUT2D eigenvalue weighted by Crippen LogP contribution is 2.22. The first-order chi connectivity index (χ1) is 8.49. The van der Waals surface area contributed by atoms with E-state index in [1.54, 1.807) is 30.7 Å². The maximum absolute atomic E-state index is 12.8. The van der Waals surface area contributed by atoms with Crippen molar-refractivity contribution < 1.29 is 9.31 Å². The fraction of sp³-hybridized carbons (Fsp3) is 0.250. The van der Waals surface area contributed by atoms with Crippen molar-refractivity contribution in [3.63, 3.8) is 0 Å². The van der Waals surface area contributed by atoms with Gasteiger partial charge in [0, 0.05) is 0 Å². The third-order valence-corrected chi connectivity index (χ3v) is 2.77. The molecule has 5 nitrogen and oxygen atoms in total. The maximum Gasteiger partial charge on any atom is 0.312 e. The Morgan fingerprint density at radius 3 is 2.44 bits per heavy atom. The van der Waals surface area contributed by atoms with Crippen LogP contribution in [-0.4, -0.2) is 14.7 Å². The molecule has 0 saturated carbocycles. The van der Waals surface area contributed by atoms with Crippen molar-refractivity contribution >= 4 is 5.69 Å². The Kier molecular flexibility index (Phi) is 3.10. The predicted octanol–water partition coefficient (Wildman–Crippen LogP) is 2.60. The lowest BCUT2D eigenvalue weighted by molar-refractivity contribution is -0.386. The van der Waals surface area contributed by atoms with Gasteiger partial charge < -0.3 is 0 Å². The van der Waals surface area contributed by atoms with Crippen LogP contribution in [0.2, 0.25) is 0 Å². The maximum atomic E-state index is 12.8. The van der Waals surface area contributed by atoms with E-state index in [0.29, 0.717) is 17.9 Å². The van der Waals surface area contributed by atoms with Crippen molar-refractivity contribution in [2.75, 3.05) is 0 Å². The van der Waals surface area contributed by atoms with Crippen molar-refractivity contribution in [3.05, 3.63) is 57.1 Å². The van der Waals surface area contributed by atoms with Crippen LogP contribution in [0.4, 0.5) is 10.1 Å². The molecule has 18 heavy (non-hydrogen) atoms. The zero-order chi connectivity index (χ0) is 13.3. The minimum atomic E-state index is -0.432. The molecule has 1 aromatic carbocycles. The highest BCUT2D eigenvalue weighted by Gasteiger charge is 2.21. The summed E-state index contributed by atoms with van der Waals surface area (Å²) in [5.74, 6) is -0.307. The fourth-order valence-corrected chi connectivity index (χ4v) is 1.87. The van der Waals surface area contributed by atoms with E-state index >= 15 is 0 Å². The predicted molar refractivity (Wildman–Crippen MR) is 63.9 cm³/mol. The molecule has 6 heteroatoms. The van der Waals surface area contributed by atoms with E-state index in [1.165, 1.54) is 12.1 Å². The van der Waals surface area contributed by atoms with Crippen molar-refractivity contribution in [3.8, 4) is 0 Å². The minimum absolute atomic E-state index is 0.0390. The Hall–Kier alpha value is -2.24. The first-order valence-electron chi connectivity index (χ1n) is 5.42. The lowest BCUT2D eigenvalue weighted by atomic mass is 10.2. The molecule has 2 aromatic rings. The van der Waals surface area contributed by atoms with Crippen molar-refractivity contribution in [2.45, 2.75) is 20.4 Å². The number of nitro groups is 1. The standard InChI is InChI=1S/C12H12FN3O2/c1-8-12(16(17)18)9(2)15(14-8)7-10-3-5-11(13)6-4-10/h3-6H,7H2,1-2H3. The van der Waals surface area contributed by atoms with Gasteiger partial charge in [-0.25, -0.2) is 4.39 Å². The molecule has 0 radical (unpaired) electrons. The molecule has 0 aliphatic rings. The molecule has 2 rings (SSSR count). The number of aromatic nitrogens is 2. The van der Waals surface area contributed by atoms with Gasteiger partial charge in [0.15, 0.2) is 0 Å². The Morgan fingerprint density at radius 2 is 1.94 bits per heavy atom. The average molecular weight is 249 g/mol. The van der Waals surface area contributed by atoms with E-state index in [0.717, 1.165) is 5.56 Å². The molecule has 0 spiro atoms. The second-order valence-electron chi connectivity index (χ2n) is 4.06. The number of nitrogens with zero attached hydrogens (tertiary/aromatic N) is 3.